The zero-order valence-corrected chi connectivity index (χ0v) is 11.7. The van der Waals surface area contributed by atoms with Crippen molar-refractivity contribution in [3.8, 4) is 0 Å². The van der Waals surface area contributed by atoms with Crippen LogP contribution in [0.3, 0.4) is 0 Å². The average molecular weight is 261 g/mol. The van der Waals surface area contributed by atoms with Crippen LogP contribution >= 0.6 is 0 Å². The van der Waals surface area contributed by atoms with E-state index in [1.54, 1.807) is 13.8 Å². The number of hydrogen-bond donors (Lipinski definition) is 1. The fraction of sp³-hybridized carbons (Fsp3) is 0.833. The molecule has 0 radical (unpaired) electrons. The highest BCUT2D eigenvalue weighted by Gasteiger charge is 2.29. The van der Waals surface area contributed by atoms with E-state index in [0.29, 0.717) is 13.0 Å². The molecule has 0 aliphatic heterocycles. The molecule has 0 aromatic carbocycles. The van der Waals surface area contributed by atoms with E-state index in [0.717, 1.165) is 0 Å². The van der Waals surface area contributed by atoms with Gasteiger partial charge in [0.1, 0.15) is 0 Å². The molecule has 0 unspecified atom stereocenters. The molecule has 0 saturated carbocycles. The van der Waals surface area contributed by atoms with Gasteiger partial charge < -0.3 is 19.5 Å². The van der Waals surface area contributed by atoms with Crippen molar-refractivity contribution in [1.82, 2.24) is 5.32 Å². The van der Waals surface area contributed by atoms with Crippen molar-refractivity contribution in [2.45, 2.75) is 40.2 Å². The zero-order valence-electron chi connectivity index (χ0n) is 11.7. The lowest BCUT2D eigenvalue weighted by Crippen LogP contribution is -2.30. The summed E-state index contributed by atoms with van der Waals surface area (Å²) in [5.74, 6) is -0.418. The van der Waals surface area contributed by atoms with E-state index in [4.69, 9.17) is 9.47 Å². The summed E-state index contributed by atoms with van der Waals surface area (Å²) in [6.07, 6.45) is 0.0430. The lowest BCUT2D eigenvalue weighted by atomic mass is 9.90. The van der Waals surface area contributed by atoms with Crippen molar-refractivity contribution < 1.29 is 23.8 Å². The highest BCUT2D eigenvalue weighted by molar-refractivity contribution is 5.76. The molecule has 0 heterocycles. The Balaban J connectivity index is 3.94. The van der Waals surface area contributed by atoms with Crippen molar-refractivity contribution in [3.05, 3.63) is 0 Å². The van der Waals surface area contributed by atoms with E-state index in [1.165, 1.54) is 7.05 Å². The second-order valence-electron chi connectivity index (χ2n) is 4.78. The maximum Gasteiger partial charge on any atom is 0.409 e. The summed E-state index contributed by atoms with van der Waals surface area (Å²) in [5, 5.41) is 2.25. The monoisotopic (exact) mass is 261 g/mol. The molecular weight excluding hydrogens is 238 g/mol. The van der Waals surface area contributed by atoms with Crippen LogP contribution in [0.25, 0.3) is 0 Å². The molecule has 0 aliphatic rings. The van der Waals surface area contributed by atoms with Crippen molar-refractivity contribution >= 4 is 12.1 Å². The van der Waals surface area contributed by atoms with E-state index in [-0.39, 0.29) is 12.9 Å². The molecule has 0 bridgehead atoms. The summed E-state index contributed by atoms with van der Waals surface area (Å²) in [6, 6.07) is 0. The molecule has 0 aromatic heterocycles. The number of nitrogens with one attached hydrogen (secondary N) is 1. The second-order valence-corrected chi connectivity index (χ2v) is 4.78. The Kier molecular flexibility index (Phi) is 7.35. The van der Waals surface area contributed by atoms with Crippen molar-refractivity contribution in [2.75, 3.05) is 20.4 Å². The lowest BCUT2D eigenvalue weighted by molar-refractivity contribution is -0.163. The van der Waals surface area contributed by atoms with E-state index >= 15 is 0 Å². The van der Waals surface area contributed by atoms with Gasteiger partial charge in [-0.3, -0.25) is 4.79 Å². The number of rotatable bonds is 7. The first-order valence-corrected chi connectivity index (χ1v) is 5.93. The molecule has 1 amide bonds. The third kappa shape index (κ3) is 7.11. The summed E-state index contributed by atoms with van der Waals surface area (Å²) in [4.78, 5) is 22.5. The molecule has 0 rings (SSSR count). The first kappa shape index (κ1) is 16.7. The minimum absolute atomic E-state index is 0.133. The van der Waals surface area contributed by atoms with Gasteiger partial charge in [-0.15, -0.1) is 0 Å². The Morgan fingerprint density at radius 1 is 1.22 bits per heavy atom. The molecular formula is C12H23NO5. The normalized spacial score (nSPS) is 11.2. The molecule has 0 fully saturated rings. The topological polar surface area (TPSA) is 73.9 Å². The van der Waals surface area contributed by atoms with E-state index < -0.39 is 17.5 Å². The van der Waals surface area contributed by atoms with Gasteiger partial charge >= 0.3 is 12.1 Å². The van der Waals surface area contributed by atoms with Gasteiger partial charge in [0.2, 0.25) is 6.79 Å². The molecule has 0 aromatic rings. The number of carbonyl (C=O) groups excluding carboxylic acids is 2. The molecule has 6 nitrogen and oxygen atoms in total. The number of hydrogen-bond acceptors (Lipinski definition) is 5. The van der Waals surface area contributed by atoms with Gasteiger partial charge in [0.25, 0.3) is 0 Å². The van der Waals surface area contributed by atoms with Gasteiger partial charge in [-0.1, -0.05) is 0 Å². The average Bonchev–Trinajstić information content (AvgIpc) is 2.27. The second kappa shape index (κ2) is 7.92. The molecule has 18 heavy (non-hydrogen) atoms. The number of carbonyl (C=O) groups is 2. The van der Waals surface area contributed by atoms with Crippen LogP contribution in [0.1, 0.15) is 34.1 Å². The zero-order chi connectivity index (χ0) is 14.2. The van der Waals surface area contributed by atoms with Crippen LogP contribution in [0.15, 0.2) is 0 Å². The van der Waals surface area contributed by atoms with Crippen molar-refractivity contribution in [2.24, 2.45) is 5.41 Å². The molecule has 0 saturated heterocycles. The van der Waals surface area contributed by atoms with E-state index in [2.05, 4.69) is 10.1 Å². The third-order valence-corrected chi connectivity index (χ3v) is 2.31. The van der Waals surface area contributed by atoms with E-state index in [9.17, 15) is 9.59 Å². The molecule has 0 atom stereocenters. The van der Waals surface area contributed by atoms with Crippen LogP contribution in [0.4, 0.5) is 4.79 Å². The smallest absolute Gasteiger partial charge is 0.409 e. The van der Waals surface area contributed by atoms with Crippen LogP contribution in [0.2, 0.25) is 0 Å². The van der Waals surface area contributed by atoms with Crippen molar-refractivity contribution in [3.63, 3.8) is 0 Å². The SMILES string of the molecule is CNC(=O)OCOC(=O)C(C)(C)CCOC(C)C. The minimum atomic E-state index is -0.666. The lowest BCUT2D eigenvalue weighted by Gasteiger charge is -2.22. The number of ether oxygens (including phenoxy) is 3. The number of esters is 1. The molecule has 6 heteroatoms. The van der Waals surface area contributed by atoms with E-state index in [1.807, 2.05) is 13.8 Å². The number of alkyl carbamates (subject to hydrolysis) is 1. The maximum absolute atomic E-state index is 11.7. The van der Waals surface area contributed by atoms with Gasteiger partial charge in [-0.05, 0) is 34.1 Å². The summed E-state index contributed by atoms with van der Waals surface area (Å²) < 4.78 is 14.8. The predicted molar refractivity (Wildman–Crippen MR) is 66.0 cm³/mol. The Hall–Kier alpha value is -1.30. The van der Waals surface area contributed by atoms with Gasteiger partial charge in [0, 0.05) is 13.7 Å². The fourth-order valence-electron chi connectivity index (χ4n) is 1.06. The molecule has 0 spiro atoms. The molecule has 0 aliphatic carbocycles. The number of amides is 1. The van der Waals surface area contributed by atoms with Gasteiger partial charge in [0.15, 0.2) is 0 Å². The minimum Gasteiger partial charge on any atom is -0.427 e. The standard InChI is InChI=1S/C12H23NO5/c1-9(2)16-7-6-12(3,4)10(14)17-8-18-11(15)13-5/h9H,6-8H2,1-5H3,(H,13,15). The first-order chi connectivity index (χ1) is 8.29. The van der Waals surface area contributed by atoms with Gasteiger partial charge in [0.05, 0.1) is 11.5 Å². The highest BCUT2D eigenvalue weighted by Crippen LogP contribution is 2.22. The Morgan fingerprint density at radius 2 is 1.83 bits per heavy atom. The predicted octanol–water partition coefficient (Wildman–Crippen LogP) is 1.68. The van der Waals surface area contributed by atoms with Crippen molar-refractivity contribution in [1.29, 1.82) is 0 Å². The Bertz CT molecular complexity index is 276. The van der Waals surface area contributed by atoms with Gasteiger partial charge in [-0.25, -0.2) is 4.79 Å². The Morgan fingerprint density at radius 3 is 2.33 bits per heavy atom. The van der Waals surface area contributed by atoms with Crippen LogP contribution in [-0.2, 0) is 19.0 Å². The van der Waals surface area contributed by atoms with Crippen LogP contribution < -0.4 is 5.32 Å². The summed E-state index contributed by atoms with van der Waals surface area (Å²) in [5.41, 5.74) is -0.666. The third-order valence-electron chi connectivity index (χ3n) is 2.31. The molecule has 1 N–H and O–H groups in total. The fourth-order valence-corrected chi connectivity index (χ4v) is 1.06. The maximum atomic E-state index is 11.7. The summed E-state index contributed by atoms with van der Waals surface area (Å²) >= 11 is 0. The van der Waals surface area contributed by atoms with Crippen LogP contribution in [0.5, 0.6) is 0 Å². The van der Waals surface area contributed by atoms with Gasteiger partial charge in [-0.2, -0.15) is 0 Å². The first-order valence-electron chi connectivity index (χ1n) is 5.93. The summed E-state index contributed by atoms with van der Waals surface area (Å²) in [6.45, 7) is 7.49. The van der Waals surface area contributed by atoms with Crippen LogP contribution in [-0.4, -0.2) is 38.6 Å². The summed E-state index contributed by atoms with van der Waals surface area (Å²) in [7, 11) is 1.43. The quantitative estimate of drug-likeness (QED) is 0.557. The largest absolute Gasteiger partial charge is 0.427 e. The molecule has 106 valence electrons. The van der Waals surface area contributed by atoms with Crippen LogP contribution in [0, 0.1) is 5.41 Å². The highest BCUT2D eigenvalue weighted by atomic mass is 16.7. The Labute approximate surface area is 108 Å².